The lowest BCUT2D eigenvalue weighted by atomic mass is 9.94. The van der Waals surface area contributed by atoms with Gasteiger partial charge in [0.2, 0.25) is 0 Å². The van der Waals surface area contributed by atoms with Crippen molar-refractivity contribution in [2.45, 2.75) is 44.7 Å². The Morgan fingerprint density at radius 2 is 1.36 bits per heavy atom. The number of fused-ring (bicyclic) bond motifs is 4. The number of hydrogen-bond donors (Lipinski definition) is 1. The molecule has 1 N–H and O–H groups in total. The van der Waals surface area contributed by atoms with Crippen molar-refractivity contribution in [3.63, 3.8) is 0 Å². The van der Waals surface area contributed by atoms with Gasteiger partial charge in [-0.1, -0.05) is 36.9 Å². The Morgan fingerprint density at radius 1 is 0.718 bits per heavy atom. The third kappa shape index (κ3) is 4.23. The van der Waals surface area contributed by atoms with Gasteiger partial charge >= 0.3 is 0 Å². The number of aliphatic hydroxyl groups excluding tert-OH is 1. The highest BCUT2D eigenvalue weighted by Gasteiger charge is 2.23. The number of aromatic nitrogens is 2. The summed E-state index contributed by atoms with van der Waals surface area (Å²) in [6, 6.07) is 17.5. The van der Waals surface area contributed by atoms with Gasteiger partial charge in [-0.3, -0.25) is 20.0 Å². The Balaban J connectivity index is 0.000000130. The van der Waals surface area contributed by atoms with Crippen molar-refractivity contribution >= 4 is 18.0 Å². The molecule has 192 valence electrons. The van der Waals surface area contributed by atoms with Gasteiger partial charge < -0.3 is 5.11 Å². The molecule has 1 atom stereocenters. The van der Waals surface area contributed by atoms with E-state index in [4.69, 9.17) is 0 Å². The van der Waals surface area contributed by atoms with Crippen LogP contribution in [0, 0.1) is 0 Å². The molecule has 0 amide bonds. The van der Waals surface area contributed by atoms with Crippen LogP contribution in [0.3, 0.4) is 0 Å². The zero-order chi connectivity index (χ0) is 26.3. The average molecular weight is 511 g/mol. The maximum Gasteiger partial charge on any atom is 0.0818 e. The molecule has 2 aliphatic heterocycles. The summed E-state index contributed by atoms with van der Waals surface area (Å²) in [6.07, 6.45) is 12.0. The molecule has 0 bridgehead atoms. The van der Waals surface area contributed by atoms with Gasteiger partial charge in [-0.25, -0.2) is 0 Å². The van der Waals surface area contributed by atoms with Crippen molar-refractivity contribution in [1.82, 2.24) is 9.97 Å². The summed E-state index contributed by atoms with van der Waals surface area (Å²) in [5, 5.41) is 9.50. The highest BCUT2D eigenvalue weighted by Crippen LogP contribution is 2.37. The van der Waals surface area contributed by atoms with E-state index < -0.39 is 0 Å². The fourth-order valence-electron chi connectivity index (χ4n) is 6.28. The molecule has 1 unspecified atom stereocenters. The molecule has 0 saturated carbocycles. The second-order valence-corrected chi connectivity index (χ2v) is 10.7. The van der Waals surface area contributed by atoms with E-state index in [0.29, 0.717) is 19.0 Å². The van der Waals surface area contributed by atoms with Crippen LogP contribution >= 0.6 is 0 Å². The van der Waals surface area contributed by atoms with Crippen molar-refractivity contribution in [1.29, 1.82) is 0 Å². The predicted molar refractivity (Wildman–Crippen MR) is 157 cm³/mol. The summed E-state index contributed by atoms with van der Waals surface area (Å²) in [4.78, 5) is 17.4. The van der Waals surface area contributed by atoms with E-state index in [1.165, 1.54) is 55.6 Å². The molecule has 0 fully saturated rings. The third-order valence-corrected chi connectivity index (χ3v) is 8.45. The zero-order valence-electron chi connectivity index (χ0n) is 21.9. The van der Waals surface area contributed by atoms with Crippen LogP contribution in [0.5, 0.6) is 0 Å². The summed E-state index contributed by atoms with van der Waals surface area (Å²) in [6.45, 7) is 5.80. The quantitative estimate of drug-likeness (QED) is 0.349. The van der Waals surface area contributed by atoms with Gasteiger partial charge in [0.25, 0.3) is 0 Å². The average Bonchev–Trinajstić information content (AvgIpc) is 3.78. The standard InChI is InChI=1S/C17H16N2O.C17H14N2/c20-10-13-4-2-11-1-3-12(7-15(11)13)14-5-6-19-17-9-18-8-16(14)17;1-11-2-3-12-4-5-13(8-15(11)12)14-6-7-19-17-10-18-9-16(14)17/h1,3,5-8,13,20H,2,4,9-10H2;4-9H,1-3,10H2. The van der Waals surface area contributed by atoms with E-state index in [-0.39, 0.29) is 6.61 Å². The molecule has 2 aromatic carbocycles. The van der Waals surface area contributed by atoms with E-state index in [1.54, 1.807) is 0 Å². The van der Waals surface area contributed by atoms with Gasteiger partial charge in [-0.05, 0) is 94.0 Å². The van der Waals surface area contributed by atoms with Crippen LogP contribution in [-0.2, 0) is 25.9 Å². The minimum Gasteiger partial charge on any atom is -0.396 e. The third-order valence-electron chi connectivity index (χ3n) is 8.45. The predicted octanol–water partition coefficient (Wildman–Crippen LogP) is 6.34. The Morgan fingerprint density at radius 3 is 2.03 bits per heavy atom. The molecule has 8 rings (SSSR count). The molecule has 4 aromatic rings. The summed E-state index contributed by atoms with van der Waals surface area (Å²) in [5.74, 6) is 0.300. The Labute approximate surface area is 228 Å². The number of benzene rings is 2. The fourth-order valence-corrected chi connectivity index (χ4v) is 6.28. The van der Waals surface area contributed by atoms with Crippen molar-refractivity contribution in [2.75, 3.05) is 6.61 Å². The topological polar surface area (TPSA) is 70.7 Å². The second-order valence-electron chi connectivity index (χ2n) is 10.7. The Kier molecular flexibility index (Phi) is 6.01. The number of hydrogen-bond acceptors (Lipinski definition) is 5. The normalized spacial score (nSPS) is 17.5. The van der Waals surface area contributed by atoms with Crippen molar-refractivity contribution < 1.29 is 5.11 Å². The van der Waals surface area contributed by atoms with Crippen molar-refractivity contribution in [2.24, 2.45) is 9.98 Å². The molecule has 0 spiro atoms. The van der Waals surface area contributed by atoms with E-state index in [2.05, 4.69) is 75.1 Å². The monoisotopic (exact) mass is 510 g/mol. The first-order valence-corrected chi connectivity index (χ1v) is 13.7. The second kappa shape index (κ2) is 9.83. The number of allylic oxidation sites excluding steroid dienone is 1. The number of nitrogens with zero attached hydrogens (tertiary/aromatic N) is 4. The molecule has 0 saturated heterocycles. The summed E-state index contributed by atoms with van der Waals surface area (Å²) >= 11 is 0. The number of rotatable bonds is 3. The molecule has 5 nitrogen and oxygen atoms in total. The van der Waals surface area contributed by atoms with Gasteiger partial charge in [0.15, 0.2) is 0 Å². The maximum atomic E-state index is 9.50. The molecule has 0 radical (unpaired) electrons. The first-order valence-electron chi connectivity index (χ1n) is 13.7. The minimum absolute atomic E-state index is 0.242. The molecule has 4 aliphatic rings. The molecule has 2 aromatic heterocycles. The summed E-state index contributed by atoms with van der Waals surface area (Å²) in [5.41, 5.74) is 16.0. The van der Waals surface area contributed by atoms with Crippen LogP contribution in [0.4, 0.5) is 0 Å². The SMILES string of the molecule is C=C1CCc2ccc(-c3ccnc4c3C=NC4)cc21.OCC1CCc2ccc(-c3ccnc4c3C=NC4)cc21. The summed E-state index contributed by atoms with van der Waals surface area (Å²) in [7, 11) is 0. The van der Waals surface area contributed by atoms with Gasteiger partial charge in [0.1, 0.15) is 0 Å². The lowest BCUT2D eigenvalue weighted by Crippen LogP contribution is -1.99. The molecule has 4 heterocycles. The molecule has 5 heteroatoms. The van der Waals surface area contributed by atoms with Gasteiger partial charge in [0, 0.05) is 48.5 Å². The van der Waals surface area contributed by atoms with E-state index in [9.17, 15) is 5.11 Å². The van der Waals surface area contributed by atoms with E-state index in [1.807, 2.05) is 24.8 Å². The lowest BCUT2D eigenvalue weighted by molar-refractivity contribution is 0.265. The molecular formula is C34H30N4O. The molecule has 2 aliphatic carbocycles. The Hall–Kier alpha value is -4.22. The van der Waals surface area contributed by atoms with Crippen LogP contribution in [0.1, 0.15) is 63.5 Å². The smallest absolute Gasteiger partial charge is 0.0818 e. The zero-order valence-corrected chi connectivity index (χ0v) is 21.9. The van der Waals surface area contributed by atoms with Gasteiger partial charge in [0.05, 0.1) is 24.5 Å². The van der Waals surface area contributed by atoms with Crippen LogP contribution < -0.4 is 0 Å². The fraction of sp³-hybridized carbons (Fsp3) is 0.235. The van der Waals surface area contributed by atoms with Crippen molar-refractivity contribution in [3.8, 4) is 22.3 Å². The van der Waals surface area contributed by atoms with Crippen LogP contribution in [0.15, 0.2) is 77.5 Å². The van der Waals surface area contributed by atoms with Gasteiger partial charge in [-0.15, -0.1) is 0 Å². The molecular weight excluding hydrogens is 480 g/mol. The van der Waals surface area contributed by atoms with E-state index >= 15 is 0 Å². The van der Waals surface area contributed by atoms with Crippen LogP contribution in [0.25, 0.3) is 27.8 Å². The largest absolute Gasteiger partial charge is 0.396 e. The van der Waals surface area contributed by atoms with Gasteiger partial charge in [-0.2, -0.15) is 0 Å². The van der Waals surface area contributed by atoms with Crippen molar-refractivity contribution in [3.05, 3.63) is 112 Å². The van der Waals surface area contributed by atoms with E-state index in [0.717, 1.165) is 42.6 Å². The Bertz CT molecular complexity index is 1680. The maximum absolute atomic E-state index is 9.50. The summed E-state index contributed by atoms with van der Waals surface area (Å²) < 4.78 is 0. The minimum atomic E-state index is 0.242. The highest BCUT2D eigenvalue weighted by molar-refractivity contribution is 5.94. The molecule has 39 heavy (non-hydrogen) atoms. The number of aliphatic imine (C=N–C) groups is 2. The number of aryl methyl sites for hydroxylation is 2. The number of aliphatic hydroxyl groups is 1. The lowest BCUT2D eigenvalue weighted by Gasteiger charge is -2.11. The number of pyridine rings is 2. The highest BCUT2D eigenvalue weighted by atomic mass is 16.3. The van der Waals surface area contributed by atoms with Crippen LogP contribution in [0.2, 0.25) is 0 Å². The first kappa shape index (κ1) is 23.9. The first-order chi connectivity index (χ1) is 19.2. The van der Waals surface area contributed by atoms with Crippen LogP contribution in [-0.4, -0.2) is 34.1 Å².